The second-order valence-electron chi connectivity index (χ2n) is 20.6. The molecule has 1 aliphatic carbocycles. The van der Waals surface area contributed by atoms with Gasteiger partial charge in [0.25, 0.3) is 0 Å². The van der Waals surface area contributed by atoms with Crippen LogP contribution in [0.2, 0.25) is 0 Å². The molecule has 1 fully saturated rings. The smallest absolute Gasteiger partial charge is 0.309 e. The predicted octanol–water partition coefficient (Wildman–Crippen LogP) is 15.1. The minimum absolute atomic E-state index is 0.178. The molecule has 0 saturated heterocycles. The van der Waals surface area contributed by atoms with Crippen molar-refractivity contribution in [1.82, 2.24) is 0 Å². The second-order valence-corrected chi connectivity index (χ2v) is 20.6. The molecule has 0 bridgehead atoms. The van der Waals surface area contributed by atoms with Crippen LogP contribution in [0, 0.1) is 17.3 Å². The van der Waals surface area contributed by atoms with Crippen LogP contribution >= 0.6 is 0 Å². The van der Waals surface area contributed by atoms with E-state index in [1.54, 1.807) is 6.08 Å². The molecule has 10 heteroatoms. The van der Waals surface area contributed by atoms with Crippen LogP contribution < -0.4 is 0 Å². The summed E-state index contributed by atoms with van der Waals surface area (Å²) in [4.78, 5) is 53.9. The van der Waals surface area contributed by atoms with Crippen LogP contribution in [0.25, 0.3) is 0 Å². The van der Waals surface area contributed by atoms with E-state index < -0.39 is 35.7 Å². The molecular formula is C59H106O10. The molecule has 0 spiro atoms. The van der Waals surface area contributed by atoms with Gasteiger partial charge in [0.05, 0.1) is 17.9 Å². The maximum Gasteiger partial charge on any atom is 0.309 e. The van der Waals surface area contributed by atoms with Crippen molar-refractivity contribution in [3.63, 3.8) is 0 Å². The van der Waals surface area contributed by atoms with Gasteiger partial charge in [-0.1, -0.05) is 207 Å². The van der Waals surface area contributed by atoms with Gasteiger partial charge >= 0.3 is 23.9 Å². The summed E-state index contributed by atoms with van der Waals surface area (Å²) in [5.41, 5.74) is -0.443. The first kappa shape index (κ1) is 64.3. The van der Waals surface area contributed by atoms with Crippen molar-refractivity contribution in [3.05, 3.63) is 24.8 Å². The molecule has 6 unspecified atom stereocenters. The van der Waals surface area contributed by atoms with Crippen molar-refractivity contribution < 1.29 is 48.3 Å². The number of rotatable bonds is 47. The Morgan fingerprint density at radius 3 is 1.57 bits per heavy atom. The first-order valence-electron chi connectivity index (χ1n) is 28.9. The van der Waals surface area contributed by atoms with Crippen molar-refractivity contribution in [3.8, 4) is 0 Å². The summed E-state index contributed by atoms with van der Waals surface area (Å²) < 4.78 is 23.8. The average Bonchev–Trinajstić information content (AvgIpc) is 3.76. The van der Waals surface area contributed by atoms with E-state index in [9.17, 15) is 29.4 Å². The Labute approximate surface area is 422 Å². The third-order valence-electron chi connectivity index (χ3n) is 14.4. The number of allylic oxidation sites excluding steroid dienone is 3. The second kappa shape index (κ2) is 42.9. The maximum atomic E-state index is 14.1. The Morgan fingerprint density at radius 2 is 1.06 bits per heavy atom. The summed E-state index contributed by atoms with van der Waals surface area (Å²) in [5.74, 6) is -1.93. The third-order valence-corrected chi connectivity index (χ3v) is 14.4. The number of unbranched alkanes of at least 4 members (excludes halogenated alkanes) is 20. The monoisotopic (exact) mass is 975 g/mol. The van der Waals surface area contributed by atoms with Crippen LogP contribution in [0.15, 0.2) is 24.8 Å². The molecule has 402 valence electrons. The normalized spacial score (nSPS) is 17.7. The van der Waals surface area contributed by atoms with Crippen LogP contribution in [-0.2, 0) is 38.1 Å². The number of hydrogen-bond donors (Lipinski definition) is 2. The van der Waals surface area contributed by atoms with Crippen molar-refractivity contribution in [2.24, 2.45) is 17.3 Å². The van der Waals surface area contributed by atoms with Crippen LogP contribution in [0.4, 0.5) is 0 Å². The van der Waals surface area contributed by atoms with Crippen LogP contribution in [0.5, 0.6) is 0 Å². The molecule has 0 amide bonds. The Bertz CT molecular complexity index is 1320. The minimum atomic E-state index is -1.19. The summed E-state index contributed by atoms with van der Waals surface area (Å²) in [5, 5.41) is 21.8. The van der Waals surface area contributed by atoms with Gasteiger partial charge in [0.2, 0.25) is 0 Å². The van der Waals surface area contributed by atoms with Crippen LogP contribution in [-0.4, -0.2) is 71.7 Å². The molecule has 0 heterocycles. The van der Waals surface area contributed by atoms with Crippen LogP contribution in [0.1, 0.15) is 272 Å². The average molecular weight is 975 g/mol. The fraction of sp³-hybridized carbons (Fsp3) is 0.864. The number of carbonyl (C=O) groups excluding carboxylic acids is 4. The highest BCUT2D eigenvalue weighted by Gasteiger charge is 2.45. The maximum absolute atomic E-state index is 14.1. The number of esters is 4. The molecule has 0 radical (unpaired) electrons. The largest absolute Gasteiger partial charge is 0.463 e. The molecule has 2 N–H and O–H groups in total. The molecule has 6 atom stereocenters. The van der Waals surface area contributed by atoms with Crippen LogP contribution in [0.3, 0.4) is 0 Å². The molecule has 0 aromatic heterocycles. The first-order chi connectivity index (χ1) is 33.5. The number of carbonyl (C=O) groups is 4. The van der Waals surface area contributed by atoms with E-state index in [0.29, 0.717) is 32.1 Å². The lowest BCUT2D eigenvalue weighted by Gasteiger charge is -2.32. The van der Waals surface area contributed by atoms with E-state index in [0.717, 1.165) is 109 Å². The van der Waals surface area contributed by atoms with Gasteiger partial charge in [-0.25, -0.2) is 0 Å². The SMILES string of the molecule is C=CCCC(OC(=O)CCCCCCCCC)C(COC(=O)C1CCCC1(/C=C/CCC(O)C(O)COC(=O)C(CCCCCCC)CCCCCCC)CCC)OC(=O)CCCCCCCCC. The Hall–Kier alpha value is -2.72. The quantitative estimate of drug-likeness (QED) is 0.0262. The Balaban J connectivity index is 2.99. The summed E-state index contributed by atoms with van der Waals surface area (Å²) >= 11 is 0. The molecule has 0 aliphatic heterocycles. The van der Waals surface area contributed by atoms with E-state index in [-0.39, 0.29) is 62.3 Å². The zero-order chi connectivity index (χ0) is 50.8. The highest BCUT2D eigenvalue weighted by atomic mass is 16.6. The molecule has 69 heavy (non-hydrogen) atoms. The number of aliphatic hydroxyl groups is 2. The van der Waals surface area contributed by atoms with Gasteiger partial charge in [0, 0.05) is 18.3 Å². The van der Waals surface area contributed by atoms with Crippen molar-refractivity contribution >= 4 is 23.9 Å². The van der Waals surface area contributed by atoms with Gasteiger partial charge in [-0.15, -0.1) is 6.58 Å². The van der Waals surface area contributed by atoms with E-state index >= 15 is 0 Å². The lowest BCUT2D eigenvalue weighted by atomic mass is 9.74. The van der Waals surface area contributed by atoms with Gasteiger partial charge in [0.1, 0.15) is 25.4 Å². The summed E-state index contributed by atoms with van der Waals surface area (Å²) in [6.45, 7) is 14.3. The molecule has 1 aliphatic rings. The Morgan fingerprint density at radius 1 is 0.565 bits per heavy atom. The molecule has 0 aromatic rings. The highest BCUT2D eigenvalue weighted by Crippen LogP contribution is 2.49. The van der Waals surface area contributed by atoms with E-state index in [1.165, 1.54) is 77.0 Å². The lowest BCUT2D eigenvalue weighted by molar-refractivity contribution is -0.178. The molecule has 10 nitrogen and oxygen atoms in total. The zero-order valence-electron chi connectivity index (χ0n) is 45.1. The zero-order valence-corrected chi connectivity index (χ0v) is 45.1. The van der Waals surface area contributed by atoms with Gasteiger partial charge < -0.3 is 29.2 Å². The minimum Gasteiger partial charge on any atom is -0.463 e. The first-order valence-corrected chi connectivity index (χ1v) is 28.9. The standard InChI is InChI=1S/C59H106O10/c1-7-13-18-22-24-28-32-42-55(62)68-53(41-17-11-5)54(69-56(63)43-33-29-25-23-19-14-8-2)48-67-58(65)50-39-36-46-59(50,44-12-6)45-35-34-40-51(60)52(61)47-66-57(64)49(37-30-26-20-15-9-3)38-31-27-21-16-10-4/h11,35,45,49-54,60-61H,5,7-10,12-34,36-44,46-48H2,1-4,6H3/b45-35+. The number of hydrogen-bond acceptors (Lipinski definition) is 10. The van der Waals surface area contributed by atoms with Crippen molar-refractivity contribution in [2.45, 2.75) is 297 Å². The summed E-state index contributed by atoms with van der Waals surface area (Å²) in [6, 6.07) is 0. The van der Waals surface area contributed by atoms with Gasteiger partial charge in [-0.3, -0.25) is 19.2 Å². The Kier molecular flexibility index (Phi) is 40.0. The van der Waals surface area contributed by atoms with E-state index in [4.69, 9.17) is 18.9 Å². The fourth-order valence-corrected chi connectivity index (χ4v) is 10.0. The molecule has 0 aromatic carbocycles. The van der Waals surface area contributed by atoms with E-state index in [2.05, 4.69) is 47.3 Å². The van der Waals surface area contributed by atoms with Gasteiger partial charge in [-0.05, 0) is 70.6 Å². The summed E-state index contributed by atoms with van der Waals surface area (Å²) in [7, 11) is 0. The molecule has 1 saturated carbocycles. The van der Waals surface area contributed by atoms with E-state index in [1.807, 2.05) is 6.08 Å². The fourth-order valence-electron chi connectivity index (χ4n) is 10.0. The van der Waals surface area contributed by atoms with Crippen molar-refractivity contribution in [1.29, 1.82) is 0 Å². The van der Waals surface area contributed by atoms with Gasteiger partial charge in [0.15, 0.2) is 6.10 Å². The van der Waals surface area contributed by atoms with Crippen molar-refractivity contribution in [2.75, 3.05) is 13.2 Å². The summed E-state index contributed by atoms with van der Waals surface area (Å²) in [6.07, 6.45) is 36.0. The molecule has 1 rings (SSSR count). The number of ether oxygens (including phenoxy) is 4. The molecular weight excluding hydrogens is 869 g/mol. The highest BCUT2D eigenvalue weighted by molar-refractivity contribution is 5.75. The number of aliphatic hydroxyl groups excluding tert-OH is 2. The van der Waals surface area contributed by atoms with Gasteiger partial charge in [-0.2, -0.15) is 0 Å². The predicted molar refractivity (Wildman–Crippen MR) is 282 cm³/mol. The third kappa shape index (κ3) is 30.7. The lowest BCUT2D eigenvalue weighted by Crippen LogP contribution is -2.40. The topological polar surface area (TPSA) is 146 Å².